The fourth-order valence-corrected chi connectivity index (χ4v) is 3.05. The summed E-state index contributed by atoms with van der Waals surface area (Å²) in [5, 5.41) is 5.14. The van der Waals surface area contributed by atoms with Gasteiger partial charge in [-0.1, -0.05) is 17.8 Å². The minimum Gasteiger partial charge on any atom is -0.348 e. The number of thiophene rings is 1. The smallest absolute Gasteiger partial charge is 0.348 e. The predicted octanol–water partition coefficient (Wildman–Crippen LogP) is 4.13. The maximum atomic E-state index is 12.4. The number of hydrogen-bond donors (Lipinski definition) is 1. The van der Waals surface area contributed by atoms with Crippen molar-refractivity contribution in [3.05, 3.63) is 46.3 Å². The SMILES string of the molecule is C[C@H](NC(=O)CSc1ccc(C(F)(F)F)cn1)c1cccs1. The van der Waals surface area contributed by atoms with E-state index in [2.05, 4.69) is 10.3 Å². The Hall–Kier alpha value is -1.54. The highest BCUT2D eigenvalue weighted by Gasteiger charge is 2.30. The van der Waals surface area contributed by atoms with Crippen molar-refractivity contribution in [3.8, 4) is 0 Å². The fourth-order valence-electron chi connectivity index (χ4n) is 1.66. The summed E-state index contributed by atoms with van der Waals surface area (Å²) in [7, 11) is 0. The van der Waals surface area contributed by atoms with Crippen molar-refractivity contribution in [1.29, 1.82) is 0 Å². The van der Waals surface area contributed by atoms with Crippen LogP contribution in [-0.4, -0.2) is 16.6 Å². The second-order valence-electron chi connectivity index (χ2n) is 4.48. The molecule has 0 spiro atoms. The minimum absolute atomic E-state index is 0.0892. The summed E-state index contributed by atoms with van der Waals surface area (Å²) in [5.74, 6) is -0.0822. The van der Waals surface area contributed by atoms with Crippen LogP contribution in [0.2, 0.25) is 0 Å². The van der Waals surface area contributed by atoms with Crippen molar-refractivity contribution >= 4 is 29.0 Å². The maximum Gasteiger partial charge on any atom is 0.417 e. The Balaban J connectivity index is 1.83. The van der Waals surface area contributed by atoms with Crippen LogP contribution >= 0.6 is 23.1 Å². The van der Waals surface area contributed by atoms with Crippen LogP contribution in [0.4, 0.5) is 13.2 Å². The molecule has 0 aliphatic heterocycles. The zero-order valence-corrected chi connectivity index (χ0v) is 13.2. The van der Waals surface area contributed by atoms with E-state index in [1.165, 1.54) is 6.07 Å². The third-order valence-electron chi connectivity index (χ3n) is 2.76. The summed E-state index contributed by atoms with van der Waals surface area (Å²) in [6.07, 6.45) is -3.63. The van der Waals surface area contributed by atoms with Crippen molar-refractivity contribution in [2.24, 2.45) is 0 Å². The Kier molecular flexibility index (Phi) is 5.47. The third-order valence-corrected chi connectivity index (χ3v) is 4.76. The van der Waals surface area contributed by atoms with Gasteiger partial charge in [-0.05, 0) is 30.5 Å². The Morgan fingerprint density at radius 3 is 2.73 bits per heavy atom. The molecule has 8 heteroatoms. The lowest BCUT2D eigenvalue weighted by molar-refractivity contribution is -0.137. The molecule has 22 heavy (non-hydrogen) atoms. The van der Waals surface area contributed by atoms with Gasteiger partial charge in [0.25, 0.3) is 0 Å². The van der Waals surface area contributed by atoms with Crippen molar-refractivity contribution < 1.29 is 18.0 Å². The summed E-state index contributed by atoms with van der Waals surface area (Å²) in [6, 6.07) is 5.97. The normalized spacial score (nSPS) is 12.9. The van der Waals surface area contributed by atoms with Gasteiger partial charge in [0.05, 0.1) is 22.4 Å². The van der Waals surface area contributed by atoms with E-state index < -0.39 is 11.7 Å². The summed E-state index contributed by atoms with van der Waals surface area (Å²) >= 11 is 2.65. The summed E-state index contributed by atoms with van der Waals surface area (Å²) < 4.78 is 37.2. The zero-order valence-electron chi connectivity index (χ0n) is 11.6. The van der Waals surface area contributed by atoms with Crippen LogP contribution in [0.5, 0.6) is 0 Å². The van der Waals surface area contributed by atoms with Crippen LogP contribution in [0.3, 0.4) is 0 Å². The van der Waals surface area contributed by atoms with Crippen LogP contribution in [0.25, 0.3) is 0 Å². The molecule has 0 saturated carbocycles. The number of aromatic nitrogens is 1. The number of halogens is 3. The van der Waals surface area contributed by atoms with Gasteiger partial charge in [-0.25, -0.2) is 4.98 Å². The molecular weight excluding hydrogens is 333 g/mol. The van der Waals surface area contributed by atoms with Crippen molar-refractivity contribution in [1.82, 2.24) is 10.3 Å². The number of carbonyl (C=O) groups is 1. The average molecular weight is 346 g/mol. The largest absolute Gasteiger partial charge is 0.417 e. The van der Waals surface area contributed by atoms with Gasteiger partial charge in [0.1, 0.15) is 0 Å². The molecule has 2 aromatic heterocycles. The Labute approximate surface area is 134 Å². The maximum absolute atomic E-state index is 12.4. The lowest BCUT2D eigenvalue weighted by Crippen LogP contribution is -2.27. The van der Waals surface area contributed by atoms with Crippen LogP contribution in [0.15, 0.2) is 40.9 Å². The molecule has 0 aliphatic carbocycles. The third kappa shape index (κ3) is 4.74. The first-order chi connectivity index (χ1) is 10.4. The zero-order chi connectivity index (χ0) is 16.2. The molecule has 0 aromatic carbocycles. The second kappa shape index (κ2) is 7.15. The van der Waals surface area contributed by atoms with Crippen molar-refractivity contribution in [2.45, 2.75) is 24.2 Å². The molecule has 1 N–H and O–H groups in total. The van der Waals surface area contributed by atoms with Crippen LogP contribution in [0.1, 0.15) is 23.4 Å². The fraction of sp³-hybridized carbons (Fsp3) is 0.286. The Morgan fingerprint density at radius 2 is 2.18 bits per heavy atom. The van der Waals surface area contributed by atoms with E-state index in [1.807, 2.05) is 24.4 Å². The lowest BCUT2D eigenvalue weighted by atomic mass is 10.3. The van der Waals surface area contributed by atoms with Crippen LogP contribution in [0, 0.1) is 0 Å². The Bertz CT molecular complexity index is 612. The number of thioether (sulfide) groups is 1. The van der Waals surface area contributed by atoms with Crippen molar-refractivity contribution in [3.63, 3.8) is 0 Å². The van der Waals surface area contributed by atoms with E-state index in [4.69, 9.17) is 0 Å². The average Bonchev–Trinajstić information content (AvgIpc) is 2.99. The van der Waals surface area contributed by atoms with Crippen molar-refractivity contribution in [2.75, 3.05) is 5.75 Å². The van der Waals surface area contributed by atoms with E-state index in [0.717, 1.165) is 28.9 Å². The van der Waals surface area contributed by atoms with Gasteiger partial charge in [0.15, 0.2) is 0 Å². The van der Waals surface area contributed by atoms with E-state index in [9.17, 15) is 18.0 Å². The second-order valence-corrected chi connectivity index (χ2v) is 6.45. The number of pyridine rings is 1. The van der Waals surface area contributed by atoms with E-state index in [-0.39, 0.29) is 17.7 Å². The van der Waals surface area contributed by atoms with Gasteiger partial charge in [0, 0.05) is 11.1 Å². The van der Waals surface area contributed by atoms with Gasteiger partial charge in [0.2, 0.25) is 5.91 Å². The number of rotatable bonds is 5. The molecule has 0 fully saturated rings. The number of alkyl halides is 3. The molecular formula is C14H13F3N2OS2. The highest BCUT2D eigenvalue weighted by atomic mass is 32.2. The van der Waals surface area contributed by atoms with Gasteiger partial charge in [-0.15, -0.1) is 11.3 Å². The standard InChI is InChI=1S/C14H13F3N2OS2/c1-9(11-3-2-6-21-11)19-12(20)8-22-13-5-4-10(7-18-13)14(15,16)17/h2-7,9H,8H2,1H3,(H,19,20)/t9-/m0/s1. The van der Waals surface area contributed by atoms with Gasteiger partial charge in [-0.3, -0.25) is 4.79 Å². The molecule has 3 nitrogen and oxygen atoms in total. The molecule has 118 valence electrons. The summed E-state index contributed by atoms with van der Waals surface area (Å²) in [5.41, 5.74) is -0.799. The summed E-state index contributed by atoms with van der Waals surface area (Å²) in [4.78, 5) is 16.6. The predicted molar refractivity (Wildman–Crippen MR) is 80.8 cm³/mol. The van der Waals surface area contributed by atoms with Crippen LogP contribution in [-0.2, 0) is 11.0 Å². The summed E-state index contributed by atoms with van der Waals surface area (Å²) in [6.45, 7) is 1.88. The Morgan fingerprint density at radius 1 is 1.41 bits per heavy atom. The molecule has 2 aromatic rings. The molecule has 0 aliphatic rings. The topological polar surface area (TPSA) is 42.0 Å². The number of amides is 1. The highest BCUT2D eigenvalue weighted by Crippen LogP contribution is 2.29. The molecule has 0 bridgehead atoms. The first-order valence-electron chi connectivity index (χ1n) is 6.35. The van der Waals surface area contributed by atoms with Gasteiger partial charge < -0.3 is 5.32 Å². The highest BCUT2D eigenvalue weighted by molar-refractivity contribution is 7.99. The van der Waals surface area contributed by atoms with Crippen LogP contribution < -0.4 is 5.32 Å². The molecule has 1 atom stereocenters. The van der Waals surface area contributed by atoms with E-state index >= 15 is 0 Å². The monoisotopic (exact) mass is 346 g/mol. The molecule has 0 radical (unpaired) electrons. The molecule has 0 saturated heterocycles. The molecule has 2 heterocycles. The molecule has 2 rings (SSSR count). The number of carbonyl (C=O) groups excluding carboxylic acids is 1. The van der Waals surface area contributed by atoms with E-state index in [1.54, 1.807) is 11.3 Å². The minimum atomic E-state index is -4.40. The quantitative estimate of drug-likeness (QED) is 0.828. The molecule has 0 unspecified atom stereocenters. The van der Waals surface area contributed by atoms with Gasteiger partial charge >= 0.3 is 6.18 Å². The first-order valence-corrected chi connectivity index (χ1v) is 8.21. The van der Waals surface area contributed by atoms with E-state index in [0.29, 0.717) is 5.03 Å². The molecule has 1 amide bonds. The first kappa shape index (κ1) is 16.8. The number of nitrogens with one attached hydrogen (secondary N) is 1. The number of nitrogens with zero attached hydrogens (tertiary/aromatic N) is 1. The number of hydrogen-bond acceptors (Lipinski definition) is 4. The lowest BCUT2D eigenvalue weighted by Gasteiger charge is -2.12. The van der Waals surface area contributed by atoms with Gasteiger partial charge in [-0.2, -0.15) is 13.2 Å².